The minimum atomic E-state index is 0.224. The first-order chi connectivity index (χ1) is 13.7. The van der Waals surface area contributed by atoms with Gasteiger partial charge in [-0.15, -0.1) is 10.2 Å². The van der Waals surface area contributed by atoms with Crippen molar-refractivity contribution in [1.29, 1.82) is 0 Å². The summed E-state index contributed by atoms with van der Waals surface area (Å²) in [5.41, 5.74) is 1.05. The number of nitrogens with zero attached hydrogens (tertiary/aromatic N) is 7. The van der Waals surface area contributed by atoms with Crippen LogP contribution in [0.15, 0.2) is 34.4 Å². The summed E-state index contributed by atoms with van der Waals surface area (Å²) < 4.78 is 7.41. The fourth-order valence-corrected chi connectivity index (χ4v) is 5.10. The van der Waals surface area contributed by atoms with E-state index in [2.05, 4.69) is 30.0 Å². The van der Waals surface area contributed by atoms with Crippen molar-refractivity contribution in [2.45, 2.75) is 30.3 Å². The molecular formula is C19H23N7OS. The molecule has 0 bridgehead atoms. The average molecular weight is 398 g/mol. The van der Waals surface area contributed by atoms with Crippen LogP contribution < -0.4 is 0 Å². The Bertz CT molecular complexity index is 972. The molecule has 0 aromatic carbocycles. The fraction of sp³-hybridized carbons (Fsp3) is 0.526. The number of oxazole rings is 1. The lowest BCUT2D eigenvalue weighted by Gasteiger charge is -2.19. The summed E-state index contributed by atoms with van der Waals surface area (Å²) in [4.78, 5) is 15.7. The lowest BCUT2D eigenvalue weighted by molar-refractivity contribution is 0.297. The van der Waals surface area contributed by atoms with E-state index in [1.54, 1.807) is 11.8 Å². The van der Waals surface area contributed by atoms with Gasteiger partial charge in [0, 0.05) is 43.7 Å². The summed E-state index contributed by atoms with van der Waals surface area (Å²) in [6, 6.07) is 1.89. The van der Waals surface area contributed by atoms with Crippen molar-refractivity contribution in [2.24, 2.45) is 13.0 Å². The second kappa shape index (κ2) is 6.97. The number of aromatic nitrogens is 6. The Morgan fingerprint density at radius 3 is 2.89 bits per heavy atom. The predicted octanol–water partition coefficient (Wildman–Crippen LogP) is 2.32. The number of fused-ring (bicyclic) bond motifs is 1. The Hall–Kier alpha value is -2.26. The molecule has 146 valence electrons. The third-order valence-corrected chi connectivity index (χ3v) is 6.97. The number of hydrogen-bond acceptors (Lipinski definition) is 8. The van der Waals surface area contributed by atoms with Crippen molar-refractivity contribution in [1.82, 2.24) is 34.6 Å². The van der Waals surface area contributed by atoms with Crippen molar-refractivity contribution in [2.75, 3.05) is 25.4 Å². The van der Waals surface area contributed by atoms with Crippen molar-refractivity contribution in [3.05, 3.63) is 36.4 Å². The Morgan fingerprint density at radius 1 is 1.25 bits per heavy atom. The highest BCUT2D eigenvalue weighted by Crippen LogP contribution is 2.57. The molecule has 0 N–H and O–H groups in total. The Morgan fingerprint density at radius 2 is 2.11 bits per heavy atom. The van der Waals surface area contributed by atoms with E-state index in [1.165, 1.54) is 19.4 Å². The number of thioether (sulfide) groups is 1. The SMILES string of the molecule is Cc1ncoc1-c1nnc(SCCCN2C[C@@H]3CC3(c3ncccn3)C2)n1C. The molecule has 9 heteroatoms. The molecule has 1 aliphatic heterocycles. The van der Waals surface area contributed by atoms with Gasteiger partial charge in [0.05, 0.1) is 5.69 Å². The van der Waals surface area contributed by atoms with E-state index in [4.69, 9.17) is 4.42 Å². The normalized spacial score (nSPS) is 23.9. The molecule has 0 radical (unpaired) electrons. The van der Waals surface area contributed by atoms with Crippen molar-refractivity contribution < 1.29 is 4.42 Å². The number of aryl methyl sites for hydroxylation is 1. The van der Waals surface area contributed by atoms with E-state index in [0.717, 1.165) is 53.7 Å². The highest BCUT2D eigenvalue weighted by molar-refractivity contribution is 7.99. The molecule has 2 fully saturated rings. The molecule has 0 amide bonds. The Kier molecular flexibility index (Phi) is 4.43. The van der Waals surface area contributed by atoms with Crippen LogP contribution in [0.2, 0.25) is 0 Å². The first kappa shape index (κ1) is 17.8. The summed E-state index contributed by atoms with van der Waals surface area (Å²) in [7, 11) is 1.97. The maximum Gasteiger partial charge on any atom is 0.202 e. The summed E-state index contributed by atoms with van der Waals surface area (Å²) >= 11 is 1.74. The molecule has 0 spiro atoms. The molecule has 28 heavy (non-hydrogen) atoms. The van der Waals surface area contributed by atoms with E-state index < -0.39 is 0 Å². The molecule has 3 aromatic rings. The van der Waals surface area contributed by atoms with Gasteiger partial charge in [-0.3, -0.25) is 0 Å². The van der Waals surface area contributed by atoms with Crippen LogP contribution in [-0.2, 0) is 12.5 Å². The van der Waals surface area contributed by atoms with E-state index >= 15 is 0 Å². The van der Waals surface area contributed by atoms with Crippen LogP contribution in [0.5, 0.6) is 0 Å². The van der Waals surface area contributed by atoms with Gasteiger partial charge < -0.3 is 13.9 Å². The molecule has 1 saturated carbocycles. The van der Waals surface area contributed by atoms with Crippen LogP contribution in [0, 0.1) is 12.8 Å². The Labute approximate surface area is 167 Å². The maximum atomic E-state index is 5.44. The molecule has 4 heterocycles. The fourth-order valence-electron chi connectivity index (χ4n) is 4.27. The molecule has 1 unspecified atom stereocenters. The van der Waals surface area contributed by atoms with Crippen molar-refractivity contribution >= 4 is 11.8 Å². The summed E-state index contributed by atoms with van der Waals surface area (Å²) in [6.07, 6.45) is 7.53. The number of hydrogen-bond donors (Lipinski definition) is 0. The highest BCUT2D eigenvalue weighted by Gasteiger charge is 2.62. The van der Waals surface area contributed by atoms with Crippen molar-refractivity contribution in [3.8, 4) is 11.6 Å². The van der Waals surface area contributed by atoms with Gasteiger partial charge >= 0.3 is 0 Å². The number of likely N-dealkylation sites (tertiary alicyclic amines) is 1. The first-order valence-corrected chi connectivity index (χ1v) is 10.6. The van der Waals surface area contributed by atoms with Gasteiger partial charge in [0.2, 0.25) is 5.82 Å². The molecule has 3 aromatic heterocycles. The zero-order valence-electron chi connectivity index (χ0n) is 16.1. The maximum absolute atomic E-state index is 5.44. The van der Waals surface area contributed by atoms with Crippen LogP contribution >= 0.6 is 11.8 Å². The quantitative estimate of drug-likeness (QED) is 0.444. The molecule has 2 aliphatic rings. The lowest BCUT2D eigenvalue weighted by atomic mass is 10.1. The zero-order chi connectivity index (χ0) is 19.1. The van der Waals surface area contributed by atoms with Crippen LogP contribution in [0.1, 0.15) is 24.4 Å². The van der Waals surface area contributed by atoms with Crippen LogP contribution in [-0.4, -0.2) is 60.0 Å². The standard InChI is InChI=1S/C19H23N7OS/c1-13-15(27-12-22-13)16-23-24-18(25(16)2)28-8-4-7-26-10-14-9-19(14,11-26)17-20-5-3-6-21-17/h3,5-6,12,14H,4,7-11H2,1-2H3/t14-,19?/m0/s1. The van der Waals surface area contributed by atoms with Crippen molar-refractivity contribution in [3.63, 3.8) is 0 Å². The smallest absolute Gasteiger partial charge is 0.202 e. The summed E-state index contributed by atoms with van der Waals surface area (Å²) in [5.74, 6) is 4.19. The molecular weight excluding hydrogens is 374 g/mol. The van der Waals surface area contributed by atoms with Gasteiger partial charge in [-0.2, -0.15) is 0 Å². The lowest BCUT2D eigenvalue weighted by Crippen LogP contribution is -2.28. The third kappa shape index (κ3) is 3.02. The van der Waals surface area contributed by atoms with Crippen LogP contribution in [0.3, 0.4) is 0 Å². The molecule has 1 aliphatic carbocycles. The van der Waals surface area contributed by atoms with Gasteiger partial charge in [0.15, 0.2) is 17.3 Å². The minimum absolute atomic E-state index is 0.224. The van der Waals surface area contributed by atoms with E-state index in [-0.39, 0.29) is 5.41 Å². The Balaban J connectivity index is 1.13. The molecule has 1 saturated heterocycles. The highest BCUT2D eigenvalue weighted by atomic mass is 32.2. The van der Waals surface area contributed by atoms with E-state index in [9.17, 15) is 0 Å². The first-order valence-electron chi connectivity index (χ1n) is 9.60. The van der Waals surface area contributed by atoms with Gasteiger partial charge in [0.25, 0.3) is 0 Å². The van der Waals surface area contributed by atoms with Gasteiger partial charge in [-0.05, 0) is 38.3 Å². The second-order valence-electron chi connectivity index (χ2n) is 7.70. The summed E-state index contributed by atoms with van der Waals surface area (Å²) in [5, 5.41) is 9.48. The van der Waals surface area contributed by atoms with Crippen LogP contribution in [0.4, 0.5) is 0 Å². The number of rotatable bonds is 7. The second-order valence-corrected chi connectivity index (χ2v) is 8.76. The predicted molar refractivity (Wildman–Crippen MR) is 105 cm³/mol. The van der Waals surface area contributed by atoms with Crippen LogP contribution in [0.25, 0.3) is 11.6 Å². The average Bonchev–Trinajstić information content (AvgIpc) is 3.02. The van der Waals surface area contributed by atoms with E-state index in [1.807, 2.05) is 37.0 Å². The molecule has 2 atom stereocenters. The summed E-state index contributed by atoms with van der Waals surface area (Å²) in [6.45, 7) is 5.27. The largest absolute Gasteiger partial charge is 0.440 e. The molecule has 5 rings (SSSR count). The topological polar surface area (TPSA) is 85.8 Å². The minimum Gasteiger partial charge on any atom is -0.440 e. The monoisotopic (exact) mass is 397 g/mol. The van der Waals surface area contributed by atoms with Gasteiger partial charge in [-0.1, -0.05) is 11.8 Å². The molecule has 8 nitrogen and oxygen atoms in total. The van der Waals surface area contributed by atoms with Gasteiger partial charge in [-0.25, -0.2) is 15.0 Å². The van der Waals surface area contributed by atoms with Gasteiger partial charge in [0.1, 0.15) is 5.82 Å². The number of piperidine rings is 1. The zero-order valence-corrected chi connectivity index (χ0v) is 16.9. The third-order valence-electron chi connectivity index (χ3n) is 5.86. The van der Waals surface area contributed by atoms with E-state index in [0.29, 0.717) is 5.76 Å².